The second-order valence-corrected chi connectivity index (χ2v) is 8.13. The van der Waals surface area contributed by atoms with Gasteiger partial charge in [-0.15, -0.1) is 13.2 Å². The lowest BCUT2D eigenvalue weighted by atomic mass is 10.2. The van der Waals surface area contributed by atoms with Crippen molar-refractivity contribution in [3.8, 4) is 0 Å². The van der Waals surface area contributed by atoms with Gasteiger partial charge in [0, 0.05) is 6.04 Å². The molecule has 1 aromatic rings. The second kappa shape index (κ2) is 7.68. The smallest absolute Gasteiger partial charge is 0.337 e. The Balaban J connectivity index is 2.36. The summed E-state index contributed by atoms with van der Waals surface area (Å²) in [4.78, 5) is 49.2. The number of nitrogens with one attached hydrogen (secondary N) is 1. The fourth-order valence-electron chi connectivity index (χ4n) is 2.71. The van der Waals surface area contributed by atoms with Crippen LogP contribution in [-0.2, 0) is 34.3 Å². The molecule has 10 nitrogen and oxygen atoms in total. The zero-order chi connectivity index (χ0) is 19.5. The lowest BCUT2D eigenvalue weighted by molar-refractivity contribution is -0.122. The first-order chi connectivity index (χ1) is 12.2. The minimum absolute atomic E-state index is 0.0196. The molecule has 1 aliphatic rings. The van der Waals surface area contributed by atoms with Crippen LogP contribution >= 0.6 is 0 Å². The summed E-state index contributed by atoms with van der Waals surface area (Å²) < 4.78 is 25.1. The van der Waals surface area contributed by atoms with Crippen molar-refractivity contribution in [2.45, 2.75) is 32.1 Å². The van der Waals surface area contributed by atoms with E-state index in [1.165, 1.54) is 12.2 Å². The average Bonchev–Trinajstić information content (AvgIpc) is 2.91. The molecule has 1 fully saturated rings. The number of sulfone groups is 1. The number of hydrogen-bond donors (Lipinski definition) is 1. The van der Waals surface area contributed by atoms with Crippen LogP contribution in [0, 0.1) is 0 Å². The van der Waals surface area contributed by atoms with E-state index in [0.717, 1.165) is 9.13 Å². The van der Waals surface area contributed by atoms with Gasteiger partial charge in [0.05, 0.1) is 24.6 Å². The van der Waals surface area contributed by atoms with Gasteiger partial charge in [0.15, 0.2) is 9.84 Å². The molecule has 26 heavy (non-hydrogen) atoms. The highest BCUT2D eigenvalue weighted by Gasteiger charge is 2.29. The van der Waals surface area contributed by atoms with Gasteiger partial charge >= 0.3 is 17.1 Å². The first kappa shape index (κ1) is 19.6. The van der Waals surface area contributed by atoms with Crippen LogP contribution in [-0.4, -0.2) is 45.6 Å². The summed E-state index contributed by atoms with van der Waals surface area (Å²) >= 11 is 0. The van der Waals surface area contributed by atoms with E-state index in [9.17, 15) is 27.6 Å². The fourth-order valence-corrected chi connectivity index (χ4v) is 4.39. The van der Waals surface area contributed by atoms with Gasteiger partial charge in [0.1, 0.15) is 6.54 Å². The highest BCUT2D eigenvalue weighted by atomic mass is 32.2. The molecule has 0 spiro atoms. The van der Waals surface area contributed by atoms with Gasteiger partial charge in [-0.2, -0.15) is 0 Å². The van der Waals surface area contributed by atoms with Crippen molar-refractivity contribution in [1.82, 2.24) is 19.0 Å². The molecule has 0 bridgehead atoms. The first-order valence-corrected chi connectivity index (χ1v) is 9.68. The maximum Gasteiger partial charge on any atom is 0.337 e. The third kappa shape index (κ3) is 4.10. The Morgan fingerprint density at radius 2 is 1.54 bits per heavy atom. The topological polar surface area (TPSA) is 129 Å². The normalized spacial score (nSPS) is 18.4. The predicted molar refractivity (Wildman–Crippen MR) is 94.8 cm³/mol. The molecule has 0 unspecified atom stereocenters. The van der Waals surface area contributed by atoms with Gasteiger partial charge in [0.2, 0.25) is 5.91 Å². The van der Waals surface area contributed by atoms with Crippen LogP contribution in [0.2, 0.25) is 0 Å². The number of hydrogen-bond acceptors (Lipinski definition) is 6. The van der Waals surface area contributed by atoms with Crippen molar-refractivity contribution >= 4 is 15.7 Å². The number of aromatic nitrogens is 3. The Morgan fingerprint density at radius 3 is 1.96 bits per heavy atom. The van der Waals surface area contributed by atoms with Crippen molar-refractivity contribution in [2.24, 2.45) is 0 Å². The molecular weight excluding hydrogens is 364 g/mol. The summed E-state index contributed by atoms with van der Waals surface area (Å²) in [5, 5.41) is 2.50. The maximum atomic E-state index is 12.4. The van der Waals surface area contributed by atoms with Gasteiger partial charge in [-0.25, -0.2) is 36.5 Å². The van der Waals surface area contributed by atoms with E-state index < -0.39 is 45.4 Å². The van der Waals surface area contributed by atoms with Crippen LogP contribution in [0.1, 0.15) is 6.42 Å². The Hall–Kier alpha value is -2.69. The highest BCUT2D eigenvalue weighted by molar-refractivity contribution is 7.91. The largest absolute Gasteiger partial charge is 0.351 e. The highest BCUT2D eigenvalue weighted by Crippen LogP contribution is 2.10. The molecule has 0 aromatic carbocycles. The van der Waals surface area contributed by atoms with E-state index >= 15 is 0 Å². The van der Waals surface area contributed by atoms with Gasteiger partial charge in [-0.05, 0) is 6.42 Å². The van der Waals surface area contributed by atoms with E-state index in [0.29, 0.717) is 4.57 Å². The summed E-state index contributed by atoms with van der Waals surface area (Å²) in [6.07, 6.45) is 2.91. The zero-order valence-electron chi connectivity index (χ0n) is 14.1. The monoisotopic (exact) mass is 384 g/mol. The van der Waals surface area contributed by atoms with Gasteiger partial charge in [-0.1, -0.05) is 12.2 Å². The maximum absolute atomic E-state index is 12.4. The molecule has 11 heteroatoms. The molecule has 142 valence electrons. The van der Waals surface area contributed by atoms with Crippen LogP contribution in [0.3, 0.4) is 0 Å². The number of carbonyl (C=O) groups is 1. The van der Waals surface area contributed by atoms with Gasteiger partial charge in [-0.3, -0.25) is 4.79 Å². The van der Waals surface area contributed by atoms with Gasteiger partial charge in [0.25, 0.3) is 0 Å². The summed E-state index contributed by atoms with van der Waals surface area (Å²) in [7, 11) is -3.18. The van der Waals surface area contributed by atoms with Crippen LogP contribution in [0.5, 0.6) is 0 Å². The van der Waals surface area contributed by atoms with Crippen LogP contribution in [0.25, 0.3) is 0 Å². The SMILES string of the molecule is C=CCn1c(=O)n(CC=C)c(=O)n(CC(=O)N[C@H]2CCS(=O)(=O)C2)c1=O. The molecule has 1 N–H and O–H groups in total. The third-order valence-corrected chi connectivity index (χ3v) is 5.68. The molecule has 1 amide bonds. The molecule has 1 saturated heterocycles. The van der Waals surface area contributed by atoms with Crippen molar-refractivity contribution in [2.75, 3.05) is 11.5 Å². The van der Waals surface area contributed by atoms with E-state index in [4.69, 9.17) is 0 Å². The number of amides is 1. The first-order valence-electron chi connectivity index (χ1n) is 7.86. The molecular formula is C15H20N4O6S. The average molecular weight is 384 g/mol. The lowest BCUT2D eigenvalue weighted by Crippen LogP contribution is -2.56. The fraction of sp³-hybridized carbons (Fsp3) is 0.467. The van der Waals surface area contributed by atoms with Crippen LogP contribution < -0.4 is 22.4 Å². The van der Waals surface area contributed by atoms with E-state index in [1.807, 2.05) is 0 Å². The second-order valence-electron chi connectivity index (χ2n) is 5.90. The number of allylic oxidation sites excluding steroid dienone is 2. The lowest BCUT2D eigenvalue weighted by Gasteiger charge is -2.14. The predicted octanol–water partition coefficient (Wildman–Crippen LogP) is -2.15. The van der Waals surface area contributed by atoms with E-state index in [2.05, 4.69) is 18.5 Å². The Bertz CT molecular complexity index is 966. The molecule has 1 aromatic heterocycles. The minimum Gasteiger partial charge on any atom is -0.351 e. The zero-order valence-corrected chi connectivity index (χ0v) is 14.9. The van der Waals surface area contributed by atoms with Crippen molar-refractivity contribution in [1.29, 1.82) is 0 Å². The standard InChI is InChI=1S/C15H20N4O6S/c1-3-6-17-13(21)18(7-4-2)15(23)19(14(17)22)9-12(20)16-11-5-8-26(24,25)10-11/h3-4,11H,1-2,5-10H2,(H,16,20)/t11-/m0/s1. The Morgan fingerprint density at radius 1 is 1.04 bits per heavy atom. The summed E-state index contributed by atoms with van der Waals surface area (Å²) in [6.45, 7) is 6.04. The minimum atomic E-state index is -3.18. The Kier molecular flexibility index (Phi) is 5.80. The molecule has 0 radical (unpaired) electrons. The van der Waals surface area contributed by atoms with Crippen molar-refractivity contribution < 1.29 is 13.2 Å². The summed E-state index contributed by atoms with van der Waals surface area (Å²) in [5.74, 6) is -0.876. The molecule has 0 aliphatic carbocycles. The van der Waals surface area contributed by atoms with E-state index in [1.54, 1.807) is 0 Å². The van der Waals surface area contributed by atoms with Crippen LogP contribution in [0.4, 0.5) is 0 Å². The van der Waals surface area contributed by atoms with Crippen molar-refractivity contribution in [3.63, 3.8) is 0 Å². The van der Waals surface area contributed by atoms with Gasteiger partial charge < -0.3 is 5.32 Å². The number of carbonyl (C=O) groups excluding carboxylic acids is 1. The third-order valence-electron chi connectivity index (χ3n) is 3.91. The molecule has 2 rings (SSSR count). The molecule has 2 heterocycles. The van der Waals surface area contributed by atoms with Crippen LogP contribution in [0.15, 0.2) is 39.7 Å². The summed E-state index contributed by atoms with van der Waals surface area (Å²) in [6, 6.07) is -0.558. The summed E-state index contributed by atoms with van der Waals surface area (Å²) in [5.41, 5.74) is -2.69. The van der Waals surface area contributed by atoms with Crippen molar-refractivity contribution in [3.05, 3.63) is 56.8 Å². The molecule has 0 saturated carbocycles. The molecule has 1 aliphatic heterocycles. The Labute approximate surface area is 149 Å². The quantitative estimate of drug-likeness (QED) is 0.534. The number of rotatable bonds is 7. The van der Waals surface area contributed by atoms with E-state index in [-0.39, 0.29) is 31.0 Å². The molecule has 1 atom stereocenters. The number of nitrogens with zero attached hydrogens (tertiary/aromatic N) is 3.